The summed E-state index contributed by atoms with van der Waals surface area (Å²) in [6.07, 6.45) is 8.44. The van der Waals surface area contributed by atoms with Crippen molar-refractivity contribution in [2.45, 2.75) is 29.1 Å². The minimum atomic E-state index is -3.38. The van der Waals surface area contributed by atoms with E-state index < -0.39 is 19.7 Å². The average molecular weight is 951 g/mol. The molecule has 0 saturated heterocycles. The molecule has 0 atom stereocenters. The van der Waals surface area contributed by atoms with Crippen LogP contribution in [0.1, 0.15) is 30.4 Å². The molecule has 0 aliphatic heterocycles. The van der Waals surface area contributed by atoms with Gasteiger partial charge >= 0.3 is 0 Å². The van der Waals surface area contributed by atoms with Gasteiger partial charge in [0.1, 0.15) is 0 Å². The van der Waals surface area contributed by atoms with Crippen LogP contribution >= 0.6 is 0 Å². The van der Waals surface area contributed by atoms with Crippen molar-refractivity contribution in [1.29, 1.82) is 0 Å². The number of hydrogen-bond donors (Lipinski definition) is 0. The summed E-state index contributed by atoms with van der Waals surface area (Å²) in [6.45, 7) is 1.15. The normalized spacial score (nSPS) is 11.7. The van der Waals surface area contributed by atoms with Crippen molar-refractivity contribution in [3.63, 3.8) is 0 Å². The predicted octanol–water partition coefficient (Wildman–Crippen LogP) is 13.0. The quantitative estimate of drug-likeness (QED) is 0.0422. The molecule has 0 bridgehead atoms. The Labute approximate surface area is 406 Å². The van der Waals surface area contributed by atoms with Gasteiger partial charge in [-0.3, -0.25) is 10.0 Å². The SMILES string of the molecule is CS(=O)(=O)c1ccc(N(CCCCCN(/N=C/c2ccc(N(c3ccccc3)c3ccccc3)cc2)c2ccc(S(C)(=O)=O)cc2)/N=C/c2ccc(N(c3ccccc3)c3ccccc3)cc2)cc1. The molecule has 8 aromatic carbocycles. The predicted molar refractivity (Wildman–Crippen MR) is 285 cm³/mol. The van der Waals surface area contributed by atoms with Crippen molar-refractivity contribution < 1.29 is 16.8 Å². The van der Waals surface area contributed by atoms with Crippen LogP contribution in [0.2, 0.25) is 0 Å². The second kappa shape index (κ2) is 22.3. The molecule has 12 heteroatoms. The van der Waals surface area contributed by atoms with Gasteiger partial charge in [-0.25, -0.2) is 16.8 Å². The maximum Gasteiger partial charge on any atom is 0.175 e. The lowest BCUT2D eigenvalue weighted by Crippen LogP contribution is -2.20. The highest BCUT2D eigenvalue weighted by Gasteiger charge is 2.15. The third kappa shape index (κ3) is 12.8. The summed E-state index contributed by atoms with van der Waals surface area (Å²) < 4.78 is 49.3. The summed E-state index contributed by atoms with van der Waals surface area (Å²) >= 11 is 0. The molecule has 0 heterocycles. The first-order chi connectivity index (χ1) is 33.5. The van der Waals surface area contributed by atoms with Gasteiger partial charge in [-0.2, -0.15) is 10.2 Å². The van der Waals surface area contributed by atoms with Gasteiger partial charge in [0.15, 0.2) is 19.7 Å². The number of nitrogens with zero attached hydrogens (tertiary/aromatic N) is 6. The number of sulfone groups is 2. The topological polar surface area (TPSA) is 106 Å². The second-order valence-corrected chi connectivity index (χ2v) is 20.6. The van der Waals surface area contributed by atoms with Crippen molar-refractivity contribution in [3.05, 3.63) is 230 Å². The summed E-state index contributed by atoms with van der Waals surface area (Å²) in [5.41, 5.74) is 9.58. The van der Waals surface area contributed by atoms with Crippen LogP contribution in [-0.2, 0) is 19.7 Å². The zero-order valence-electron chi connectivity index (χ0n) is 38.6. The van der Waals surface area contributed by atoms with Gasteiger partial charge in [-0.15, -0.1) is 0 Å². The first kappa shape index (κ1) is 47.7. The molecule has 10 nitrogen and oxygen atoms in total. The van der Waals surface area contributed by atoms with E-state index in [0.29, 0.717) is 13.1 Å². The Morgan fingerprint density at radius 3 is 0.870 bits per heavy atom. The third-order valence-corrected chi connectivity index (χ3v) is 13.7. The molecule has 0 fully saturated rings. The van der Waals surface area contributed by atoms with E-state index in [-0.39, 0.29) is 9.79 Å². The number of benzene rings is 8. The number of rotatable bonds is 20. The van der Waals surface area contributed by atoms with Crippen LogP contribution in [0.3, 0.4) is 0 Å². The van der Waals surface area contributed by atoms with Crippen LogP contribution in [-0.4, -0.2) is 54.9 Å². The molecule has 8 rings (SSSR count). The third-order valence-electron chi connectivity index (χ3n) is 11.4. The van der Waals surface area contributed by atoms with Crippen LogP contribution in [0.5, 0.6) is 0 Å². The molecule has 0 N–H and O–H groups in total. The highest BCUT2D eigenvalue weighted by Crippen LogP contribution is 2.35. The standard InChI is InChI=1S/C57H54N6O4S2/c1-68(64,65)56-38-34-48(35-39-56)60(58-44-46-26-30-54(31-27-46)62(50-18-8-3-9-19-50)51-20-10-4-11-21-51)42-16-7-17-43-61(49-36-40-57(41-37-49)69(2,66)67)59-45-47-28-32-55(33-29-47)63(52-22-12-5-13-23-52)53-24-14-6-15-25-53/h3-6,8-15,18-41,44-45H,7,16-17,42-43H2,1-2H3/b58-44+,59-45+. The van der Waals surface area contributed by atoms with Crippen LogP contribution in [0.15, 0.2) is 238 Å². The van der Waals surface area contributed by atoms with E-state index >= 15 is 0 Å². The minimum Gasteiger partial charge on any atom is -0.311 e. The molecule has 0 aliphatic rings. The van der Waals surface area contributed by atoms with Gasteiger partial charge in [-0.1, -0.05) is 97.1 Å². The molecule has 8 aromatic rings. The van der Waals surface area contributed by atoms with E-state index in [0.717, 1.165) is 75.9 Å². The molecular weight excluding hydrogens is 897 g/mol. The number of para-hydroxylation sites is 4. The van der Waals surface area contributed by atoms with Crippen molar-refractivity contribution in [1.82, 2.24) is 0 Å². The molecule has 0 unspecified atom stereocenters. The van der Waals surface area contributed by atoms with E-state index in [1.54, 1.807) is 48.5 Å². The lowest BCUT2D eigenvalue weighted by Gasteiger charge is -2.25. The van der Waals surface area contributed by atoms with E-state index in [9.17, 15) is 16.8 Å². The molecule has 69 heavy (non-hydrogen) atoms. The Morgan fingerprint density at radius 1 is 0.333 bits per heavy atom. The fourth-order valence-electron chi connectivity index (χ4n) is 7.83. The summed E-state index contributed by atoms with van der Waals surface area (Å²) in [4.78, 5) is 4.90. The Bertz CT molecular complexity index is 2860. The van der Waals surface area contributed by atoms with E-state index in [2.05, 4.69) is 82.6 Å². The summed E-state index contributed by atoms with van der Waals surface area (Å²) in [7, 11) is -6.75. The Balaban J connectivity index is 0.973. The molecule has 0 saturated carbocycles. The zero-order valence-corrected chi connectivity index (χ0v) is 40.2. The van der Waals surface area contributed by atoms with Gasteiger partial charge in [0, 0.05) is 59.7 Å². The fraction of sp³-hybridized carbons (Fsp3) is 0.123. The van der Waals surface area contributed by atoms with Gasteiger partial charge in [0.05, 0.1) is 33.6 Å². The van der Waals surface area contributed by atoms with E-state index in [4.69, 9.17) is 10.2 Å². The minimum absolute atomic E-state index is 0.245. The Kier molecular flexibility index (Phi) is 15.4. The summed E-state index contributed by atoms with van der Waals surface area (Å²) in [5.74, 6) is 0. The van der Waals surface area contributed by atoms with Gasteiger partial charge < -0.3 is 9.80 Å². The molecule has 348 valence electrons. The highest BCUT2D eigenvalue weighted by atomic mass is 32.2. The van der Waals surface area contributed by atoms with Crippen LogP contribution in [0.4, 0.5) is 45.5 Å². The molecular formula is C57H54N6O4S2. The first-order valence-corrected chi connectivity index (χ1v) is 26.5. The number of unbranched alkanes of at least 4 members (excludes halogenated alkanes) is 2. The van der Waals surface area contributed by atoms with E-state index in [1.165, 1.54) is 12.5 Å². The van der Waals surface area contributed by atoms with Crippen LogP contribution in [0, 0.1) is 0 Å². The van der Waals surface area contributed by atoms with Crippen molar-refractivity contribution in [2.24, 2.45) is 10.2 Å². The van der Waals surface area contributed by atoms with Gasteiger partial charge in [0.25, 0.3) is 0 Å². The highest BCUT2D eigenvalue weighted by molar-refractivity contribution is 7.91. The van der Waals surface area contributed by atoms with Gasteiger partial charge in [-0.05, 0) is 152 Å². The monoisotopic (exact) mass is 950 g/mol. The molecule has 0 aromatic heterocycles. The smallest absolute Gasteiger partial charge is 0.175 e. The maximum absolute atomic E-state index is 12.3. The number of anilines is 8. The number of hydrogen-bond acceptors (Lipinski definition) is 10. The van der Waals surface area contributed by atoms with Crippen LogP contribution < -0.4 is 19.8 Å². The van der Waals surface area contributed by atoms with Crippen molar-refractivity contribution in [2.75, 3.05) is 45.4 Å². The molecule has 0 radical (unpaired) electrons. The maximum atomic E-state index is 12.3. The summed E-state index contributed by atoms with van der Waals surface area (Å²) in [6, 6.07) is 71.1. The summed E-state index contributed by atoms with van der Waals surface area (Å²) in [5, 5.41) is 13.7. The first-order valence-electron chi connectivity index (χ1n) is 22.7. The lowest BCUT2D eigenvalue weighted by molar-refractivity contribution is 0.600. The fourth-order valence-corrected chi connectivity index (χ4v) is 9.09. The Hall–Kier alpha value is -7.80. The largest absolute Gasteiger partial charge is 0.311 e. The van der Waals surface area contributed by atoms with Crippen molar-refractivity contribution in [3.8, 4) is 0 Å². The molecule has 0 aliphatic carbocycles. The lowest BCUT2D eigenvalue weighted by atomic mass is 10.1. The average Bonchev–Trinajstić information content (AvgIpc) is 3.37. The number of hydrazone groups is 2. The van der Waals surface area contributed by atoms with Crippen LogP contribution in [0.25, 0.3) is 0 Å². The molecule has 0 spiro atoms. The van der Waals surface area contributed by atoms with E-state index in [1.807, 2.05) is 120 Å². The second-order valence-electron chi connectivity index (χ2n) is 16.5. The van der Waals surface area contributed by atoms with Gasteiger partial charge in [0.2, 0.25) is 0 Å². The van der Waals surface area contributed by atoms with Crippen molar-refractivity contribution >= 4 is 77.6 Å². The Morgan fingerprint density at radius 2 is 0.594 bits per heavy atom. The molecule has 0 amide bonds. The zero-order chi connectivity index (χ0) is 48.1.